The second-order valence-electron chi connectivity index (χ2n) is 4.89. The second kappa shape index (κ2) is 9.51. The maximum Gasteiger partial charge on any atom is 0.0332 e. The lowest BCUT2D eigenvalue weighted by Crippen LogP contribution is -2.30. The van der Waals surface area contributed by atoms with Gasteiger partial charge in [-0.25, -0.2) is 0 Å². The van der Waals surface area contributed by atoms with E-state index >= 15 is 0 Å². The van der Waals surface area contributed by atoms with Crippen LogP contribution in [-0.4, -0.2) is 31.1 Å². The van der Waals surface area contributed by atoms with E-state index in [1.54, 1.807) is 0 Å². The van der Waals surface area contributed by atoms with Gasteiger partial charge >= 0.3 is 0 Å². The van der Waals surface area contributed by atoms with E-state index in [4.69, 9.17) is 0 Å². The van der Waals surface area contributed by atoms with Crippen molar-refractivity contribution in [1.82, 2.24) is 10.2 Å². The molecule has 108 valence electrons. The van der Waals surface area contributed by atoms with Gasteiger partial charge in [-0.15, -0.1) is 0 Å². The topological polar surface area (TPSA) is 15.3 Å². The van der Waals surface area contributed by atoms with Gasteiger partial charge < -0.3 is 10.2 Å². The van der Waals surface area contributed by atoms with Gasteiger partial charge in [0.1, 0.15) is 0 Å². The zero-order valence-corrected chi connectivity index (χ0v) is 14.0. The lowest BCUT2D eigenvalue weighted by Gasteiger charge is -2.24. The molecule has 1 N–H and O–H groups in total. The number of rotatable bonds is 9. The molecule has 1 rings (SSSR count). The molecule has 0 aromatic heterocycles. The van der Waals surface area contributed by atoms with Gasteiger partial charge in [0.05, 0.1) is 0 Å². The van der Waals surface area contributed by atoms with Crippen LogP contribution in [0.5, 0.6) is 0 Å². The smallest absolute Gasteiger partial charge is 0.0332 e. The van der Waals surface area contributed by atoms with E-state index in [2.05, 4.69) is 71.2 Å². The van der Waals surface area contributed by atoms with Gasteiger partial charge in [0.25, 0.3) is 0 Å². The van der Waals surface area contributed by atoms with Gasteiger partial charge in [0.2, 0.25) is 0 Å². The van der Waals surface area contributed by atoms with Gasteiger partial charge in [0.15, 0.2) is 0 Å². The quantitative estimate of drug-likeness (QED) is 0.730. The predicted molar refractivity (Wildman–Crippen MR) is 87.6 cm³/mol. The number of hydrogen-bond donors (Lipinski definition) is 1. The largest absolute Gasteiger partial charge is 0.310 e. The third kappa shape index (κ3) is 6.07. The Balaban J connectivity index is 2.62. The van der Waals surface area contributed by atoms with Crippen molar-refractivity contribution in [3.63, 3.8) is 0 Å². The van der Waals surface area contributed by atoms with E-state index in [0.29, 0.717) is 6.04 Å². The highest BCUT2D eigenvalue weighted by molar-refractivity contribution is 9.10. The minimum Gasteiger partial charge on any atom is -0.310 e. The molecule has 0 spiro atoms. The fourth-order valence-electron chi connectivity index (χ4n) is 2.41. The van der Waals surface area contributed by atoms with Crippen molar-refractivity contribution in [3.8, 4) is 0 Å². The van der Waals surface area contributed by atoms with Gasteiger partial charge in [-0.3, -0.25) is 0 Å². The van der Waals surface area contributed by atoms with E-state index < -0.39 is 0 Å². The molecule has 19 heavy (non-hydrogen) atoms. The van der Waals surface area contributed by atoms with Crippen LogP contribution < -0.4 is 5.32 Å². The van der Waals surface area contributed by atoms with E-state index in [-0.39, 0.29) is 0 Å². The number of hydrogen-bond acceptors (Lipinski definition) is 2. The highest BCUT2D eigenvalue weighted by Gasteiger charge is 2.12. The maximum absolute atomic E-state index is 3.60. The molecule has 0 saturated heterocycles. The zero-order chi connectivity index (χ0) is 14.1. The van der Waals surface area contributed by atoms with Crippen molar-refractivity contribution in [2.24, 2.45) is 0 Å². The molecule has 3 heteroatoms. The highest BCUT2D eigenvalue weighted by atomic mass is 79.9. The Bertz CT molecular complexity index is 354. The molecule has 2 nitrogen and oxygen atoms in total. The molecule has 1 aromatic rings. The van der Waals surface area contributed by atoms with Crippen molar-refractivity contribution in [1.29, 1.82) is 0 Å². The summed E-state index contributed by atoms with van der Waals surface area (Å²) >= 11 is 3.56. The van der Waals surface area contributed by atoms with Crippen LogP contribution in [-0.2, 0) is 0 Å². The third-order valence-corrected chi connectivity index (χ3v) is 3.92. The standard InChI is InChI=1S/C16H27BrN2/c1-4-11-19(6-3)12-10-16(18-5-2)14-8-7-9-15(17)13-14/h7-9,13,16,18H,4-6,10-12H2,1-3H3. The van der Waals surface area contributed by atoms with E-state index in [9.17, 15) is 0 Å². The molecule has 0 saturated carbocycles. The summed E-state index contributed by atoms with van der Waals surface area (Å²) in [7, 11) is 0. The Hall–Kier alpha value is -0.380. The molecule has 0 radical (unpaired) electrons. The van der Waals surface area contributed by atoms with Crippen LogP contribution in [0, 0.1) is 0 Å². The molecule has 0 aliphatic rings. The number of nitrogens with one attached hydrogen (secondary N) is 1. The monoisotopic (exact) mass is 326 g/mol. The minimum atomic E-state index is 0.452. The third-order valence-electron chi connectivity index (χ3n) is 3.42. The first-order valence-corrected chi connectivity index (χ1v) is 8.21. The van der Waals surface area contributed by atoms with Crippen LogP contribution in [0.3, 0.4) is 0 Å². The van der Waals surface area contributed by atoms with Crippen LogP contribution >= 0.6 is 15.9 Å². The second-order valence-corrected chi connectivity index (χ2v) is 5.80. The van der Waals surface area contributed by atoms with Crippen molar-refractivity contribution in [3.05, 3.63) is 34.3 Å². The van der Waals surface area contributed by atoms with Gasteiger partial charge in [-0.2, -0.15) is 0 Å². The molecule has 1 aromatic carbocycles. The average Bonchev–Trinajstić information content (AvgIpc) is 2.42. The molecule has 0 aliphatic heterocycles. The first-order valence-electron chi connectivity index (χ1n) is 7.42. The van der Waals surface area contributed by atoms with Gasteiger partial charge in [-0.05, 0) is 56.7 Å². The Labute approximate surface area is 126 Å². The Morgan fingerprint density at radius 2 is 2.00 bits per heavy atom. The summed E-state index contributed by atoms with van der Waals surface area (Å²) in [4.78, 5) is 2.53. The molecule has 0 heterocycles. The normalized spacial score (nSPS) is 12.9. The summed E-state index contributed by atoms with van der Waals surface area (Å²) in [6.45, 7) is 11.2. The fourth-order valence-corrected chi connectivity index (χ4v) is 2.83. The Morgan fingerprint density at radius 1 is 1.21 bits per heavy atom. The van der Waals surface area contributed by atoms with Crippen molar-refractivity contribution in [2.45, 2.75) is 39.7 Å². The molecule has 0 fully saturated rings. The lowest BCUT2D eigenvalue weighted by atomic mass is 10.0. The maximum atomic E-state index is 3.60. The SMILES string of the molecule is CCCN(CC)CCC(NCC)c1cccc(Br)c1. The highest BCUT2D eigenvalue weighted by Crippen LogP contribution is 2.21. The first-order chi connectivity index (χ1) is 9.21. The van der Waals surface area contributed by atoms with Crippen molar-refractivity contribution >= 4 is 15.9 Å². The molecular formula is C16H27BrN2. The summed E-state index contributed by atoms with van der Waals surface area (Å²) in [5.74, 6) is 0. The Morgan fingerprint density at radius 3 is 2.58 bits per heavy atom. The first kappa shape index (κ1) is 16.7. The lowest BCUT2D eigenvalue weighted by molar-refractivity contribution is 0.270. The van der Waals surface area contributed by atoms with E-state index in [1.165, 1.54) is 18.5 Å². The molecule has 0 aliphatic carbocycles. The summed E-state index contributed by atoms with van der Waals surface area (Å²) < 4.78 is 1.16. The minimum absolute atomic E-state index is 0.452. The molecule has 1 atom stereocenters. The van der Waals surface area contributed by atoms with Crippen molar-refractivity contribution in [2.75, 3.05) is 26.2 Å². The molecule has 1 unspecified atom stereocenters. The van der Waals surface area contributed by atoms with Gasteiger partial charge in [-0.1, -0.05) is 48.8 Å². The summed E-state index contributed by atoms with van der Waals surface area (Å²) in [6.07, 6.45) is 2.40. The molecule has 0 amide bonds. The average molecular weight is 327 g/mol. The van der Waals surface area contributed by atoms with Crippen LogP contribution in [0.25, 0.3) is 0 Å². The summed E-state index contributed by atoms with van der Waals surface area (Å²) in [5.41, 5.74) is 1.38. The Kier molecular flexibility index (Phi) is 8.35. The number of nitrogens with zero attached hydrogens (tertiary/aromatic N) is 1. The predicted octanol–water partition coefficient (Wildman–Crippen LogP) is 4.22. The molecular weight excluding hydrogens is 300 g/mol. The summed E-state index contributed by atoms with van der Waals surface area (Å²) in [5, 5.41) is 3.60. The zero-order valence-electron chi connectivity index (χ0n) is 12.5. The van der Waals surface area contributed by atoms with Crippen molar-refractivity contribution < 1.29 is 0 Å². The van der Waals surface area contributed by atoms with E-state index in [0.717, 1.165) is 30.5 Å². The molecule has 0 bridgehead atoms. The van der Waals surface area contributed by atoms with Crippen LogP contribution in [0.4, 0.5) is 0 Å². The summed E-state index contributed by atoms with van der Waals surface area (Å²) in [6, 6.07) is 9.10. The fraction of sp³-hybridized carbons (Fsp3) is 0.625. The van der Waals surface area contributed by atoms with Crippen LogP contribution in [0.1, 0.15) is 45.2 Å². The number of benzene rings is 1. The van der Waals surface area contributed by atoms with Gasteiger partial charge in [0, 0.05) is 10.5 Å². The van der Waals surface area contributed by atoms with Crippen LogP contribution in [0.15, 0.2) is 28.7 Å². The van der Waals surface area contributed by atoms with E-state index in [1.807, 2.05) is 0 Å². The van der Waals surface area contributed by atoms with Crippen LogP contribution in [0.2, 0.25) is 0 Å². The number of halogens is 1.